The SMILES string of the molecule is CC(C)C(O)Cc1nc(CSc2ccccc2F)no1. The highest BCUT2D eigenvalue weighted by molar-refractivity contribution is 7.98. The fourth-order valence-corrected chi connectivity index (χ4v) is 2.33. The number of aromatic nitrogens is 2. The minimum absolute atomic E-state index is 0.137. The number of benzene rings is 1. The molecular formula is C14H17FN2O2S. The Morgan fingerprint density at radius 2 is 2.10 bits per heavy atom. The van der Waals surface area contributed by atoms with Crippen molar-refractivity contribution in [2.75, 3.05) is 0 Å². The lowest BCUT2D eigenvalue weighted by molar-refractivity contribution is 0.116. The molecule has 20 heavy (non-hydrogen) atoms. The van der Waals surface area contributed by atoms with Gasteiger partial charge in [-0.3, -0.25) is 0 Å². The molecule has 0 spiro atoms. The van der Waals surface area contributed by atoms with Crippen LogP contribution in [0, 0.1) is 11.7 Å². The van der Waals surface area contributed by atoms with Gasteiger partial charge in [-0.05, 0) is 18.1 Å². The van der Waals surface area contributed by atoms with E-state index in [9.17, 15) is 9.50 Å². The smallest absolute Gasteiger partial charge is 0.229 e. The number of aliphatic hydroxyl groups is 1. The van der Waals surface area contributed by atoms with Crippen molar-refractivity contribution in [2.45, 2.75) is 37.0 Å². The van der Waals surface area contributed by atoms with Crippen molar-refractivity contribution >= 4 is 11.8 Å². The third kappa shape index (κ3) is 4.05. The van der Waals surface area contributed by atoms with Crippen LogP contribution in [0.4, 0.5) is 4.39 Å². The van der Waals surface area contributed by atoms with E-state index in [0.717, 1.165) is 0 Å². The Morgan fingerprint density at radius 1 is 1.35 bits per heavy atom. The van der Waals surface area contributed by atoms with Crippen LogP contribution >= 0.6 is 11.8 Å². The van der Waals surface area contributed by atoms with E-state index in [1.807, 2.05) is 13.8 Å². The summed E-state index contributed by atoms with van der Waals surface area (Å²) in [6.45, 7) is 3.85. The molecule has 0 saturated carbocycles. The summed E-state index contributed by atoms with van der Waals surface area (Å²) in [5.41, 5.74) is 0. The second kappa shape index (κ2) is 6.85. The molecule has 0 aliphatic carbocycles. The van der Waals surface area contributed by atoms with Gasteiger partial charge in [-0.1, -0.05) is 31.1 Å². The maximum atomic E-state index is 13.4. The highest BCUT2D eigenvalue weighted by Gasteiger charge is 2.15. The average Bonchev–Trinajstić information content (AvgIpc) is 2.85. The van der Waals surface area contributed by atoms with Gasteiger partial charge in [0.05, 0.1) is 18.3 Å². The highest BCUT2D eigenvalue weighted by Crippen LogP contribution is 2.24. The Balaban J connectivity index is 1.92. The molecule has 2 aromatic rings. The molecule has 0 radical (unpaired) electrons. The molecule has 4 nitrogen and oxygen atoms in total. The van der Waals surface area contributed by atoms with Gasteiger partial charge < -0.3 is 9.63 Å². The Bertz CT molecular complexity index is 560. The Kier molecular flexibility index (Phi) is 5.14. The molecule has 108 valence electrons. The molecule has 6 heteroatoms. The fraction of sp³-hybridized carbons (Fsp3) is 0.429. The lowest BCUT2D eigenvalue weighted by Crippen LogP contribution is -2.17. The van der Waals surface area contributed by atoms with Gasteiger partial charge in [-0.25, -0.2) is 4.39 Å². The molecule has 0 bridgehead atoms. The van der Waals surface area contributed by atoms with Crippen molar-refractivity contribution in [3.8, 4) is 0 Å². The normalized spacial score (nSPS) is 12.8. The van der Waals surface area contributed by atoms with E-state index in [4.69, 9.17) is 4.52 Å². The summed E-state index contributed by atoms with van der Waals surface area (Å²) in [6.07, 6.45) is -0.155. The zero-order chi connectivity index (χ0) is 14.5. The zero-order valence-electron chi connectivity index (χ0n) is 11.4. The molecule has 0 aliphatic rings. The summed E-state index contributed by atoms with van der Waals surface area (Å²) in [4.78, 5) is 4.75. The molecule has 2 rings (SSSR count). The first-order valence-electron chi connectivity index (χ1n) is 6.43. The van der Waals surface area contributed by atoms with Crippen molar-refractivity contribution in [3.63, 3.8) is 0 Å². The molecule has 0 amide bonds. The van der Waals surface area contributed by atoms with Crippen LogP contribution in [-0.2, 0) is 12.2 Å². The van der Waals surface area contributed by atoms with Gasteiger partial charge in [0.25, 0.3) is 0 Å². The predicted molar refractivity (Wildman–Crippen MR) is 74.8 cm³/mol. The summed E-state index contributed by atoms with van der Waals surface area (Å²) in [7, 11) is 0. The van der Waals surface area contributed by atoms with Crippen LogP contribution in [0.25, 0.3) is 0 Å². The van der Waals surface area contributed by atoms with E-state index < -0.39 is 6.10 Å². The van der Waals surface area contributed by atoms with E-state index in [-0.39, 0.29) is 11.7 Å². The van der Waals surface area contributed by atoms with Crippen molar-refractivity contribution in [1.29, 1.82) is 0 Å². The number of hydrogen-bond donors (Lipinski definition) is 1. The summed E-state index contributed by atoms with van der Waals surface area (Å²) >= 11 is 1.32. The summed E-state index contributed by atoms with van der Waals surface area (Å²) in [5.74, 6) is 1.23. The Morgan fingerprint density at radius 3 is 2.80 bits per heavy atom. The van der Waals surface area contributed by atoms with Crippen LogP contribution in [0.2, 0.25) is 0 Å². The molecule has 1 aromatic carbocycles. The van der Waals surface area contributed by atoms with Crippen molar-refractivity contribution in [2.24, 2.45) is 5.92 Å². The molecule has 1 unspecified atom stereocenters. The van der Waals surface area contributed by atoms with Gasteiger partial charge >= 0.3 is 0 Å². The maximum absolute atomic E-state index is 13.4. The molecule has 0 fully saturated rings. The molecule has 0 saturated heterocycles. The van der Waals surface area contributed by atoms with Crippen LogP contribution in [0.3, 0.4) is 0 Å². The number of rotatable bonds is 6. The minimum atomic E-state index is -0.498. The lowest BCUT2D eigenvalue weighted by atomic mass is 10.0. The quantitative estimate of drug-likeness (QED) is 0.830. The Hall–Kier alpha value is -1.40. The fourth-order valence-electron chi connectivity index (χ4n) is 1.55. The van der Waals surface area contributed by atoms with Crippen LogP contribution in [0.15, 0.2) is 33.7 Å². The maximum Gasteiger partial charge on any atom is 0.229 e. The van der Waals surface area contributed by atoms with E-state index in [1.165, 1.54) is 17.8 Å². The number of thioether (sulfide) groups is 1. The molecule has 1 N–H and O–H groups in total. The monoisotopic (exact) mass is 296 g/mol. The number of halogens is 1. The third-order valence-corrected chi connectivity index (χ3v) is 3.90. The average molecular weight is 296 g/mol. The van der Waals surface area contributed by atoms with Gasteiger partial charge in [0, 0.05) is 4.90 Å². The third-order valence-electron chi connectivity index (χ3n) is 2.86. The molecule has 1 atom stereocenters. The first kappa shape index (κ1) is 15.0. The number of nitrogens with zero attached hydrogens (tertiary/aromatic N) is 2. The highest BCUT2D eigenvalue weighted by atomic mass is 32.2. The standard InChI is InChI=1S/C14H17FN2O2S/c1-9(2)11(18)7-14-16-13(17-19-14)8-20-12-6-4-3-5-10(12)15/h3-6,9,11,18H,7-8H2,1-2H3. The molecule has 1 heterocycles. The topological polar surface area (TPSA) is 59.2 Å². The molecular weight excluding hydrogens is 279 g/mol. The van der Waals surface area contributed by atoms with Gasteiger partial charge in [0.2, 0.25) is 5.89 Å². The van der Waals surface area contributed by atoms with Crippen LogP contribution < -0.4 is 0 Å². The van der Waals surface area contributed by atoms with Gasteiger partial charge in [-0.15, -0.1) is 11.8 Å². The first-order chi connectivity index (χ1) is 9.56. The van der Waals surface area contributed by atoms with Crippen molar-refractivity contribution in [3.05, 3.63) is 41.8 Å². The van der Waals surface area contributed by atoms with E-state index in [1.54, 1.807) is 18.2 Å². The van der Waals surface area contributed by atoms with Gasteiger partial charge in [0.1, 0.15) is 5.82 Å². The molecule has 1 aromatic heterocycles. The second-order valence-electron chi connectivity index (χ2n) is 4.84. The van der Waals surface area contributed by atoms with Crippen molar-refractivity contribution in [1.82, 2.24) is 10.1 Å². The van der Waals surface area contributed by atoms with Gasteiger partial charge in [-0.2, -0.15) is 4.98 Å². The van der Waals surface area contributed by atoms with Crippen molar-refractivity contribution < 1.29 is 14.0 Å². The number of aliphatic hydroxyl groups excluding tert-OH is 1. The summed E-state index contributed by atoms with van der Waals surface area (Å²) in [6, 6.07) is 6.57. The van der Waals surface area contributed by atoms with E-state index in [2.05, 4.69) is 10.1 Å². The Labute approximate surface area is 121 Å². The lowest BCUT2D eigenvalue weighted by Gasteiger charge is -2.10. The van der Waals surface area contributed by atoms with Crippen LogP contribution in [-0.4, -0.2) is 21.4 Å². The van der Waals surface area contributed by atoms with Crippen LogP contribution in [0.5, 0.6) is 0 Å². The predicted octanol–water partition coefficient (Wildman–Crippen LogP) is 3.06. The van der Waals surface area contributed by atoms with Crippen LogP contribution in [0.1, 0.15) is 25.6 Å². The summed E-state index contributed by atoms with van der Waals surface area (Å²) < 4.78 is 18.5. The zero-order valence-corrected chi connectivity index (χ0v) is 12.2. The largest absolute Gasteiger partial charge is 0.392 e. The second-order valence-corrected chi connectivity index (χ2v) is 5.86. The minimum Gasteiger partial charge on any atom is -0.392 e. The first-order valence-corrected chi connectivity index (χ1v) is 7.41. The summed E-state index contributed by atoms with van der Waals surface area (Å²) in [5, 5.41) is 13.6. The number of hydrogen-bond acceptors (Lipinski definition) is 5. The van der Waals surface area contributed by atoms with Gasteiger partial charge in [0.15, 0.2) is 5.82 Å². The van der Waals surface area contributed by atoms with E-state index in [0.29, 0.717) is 28.8 Å². The van der Waals surface area contributed by atoms with E-state index >= 15 is 0 Å². The molecule has 0 aliphatic heterocycles.